The number of hydrogen-bond donors (Lipinski definition) is 2. The van der Waals surface area contributed by atoms with Gasteiger partial charge in [-0.2, -0.15) is 0 Å². The fourth-order valence-electron chi connectivity index (χ4n) is 1.52. The number of carbonyl (C=O) groups excluding carboxylic acids is 1. The number of rotatable bonds is 3. The van der Waals surface area contributed by atoms with Gasteiger partial charge in [0.2, 0.25) is 0 Å². The zero-order chi connectivity index (χ0) is 11.4. The Morgan fingerprint density at radius 2 is 2.56 bits per heavy atom. The molecule has 5 nitrogen and oxygen atoms in total. The van der Waals surface area contributed by atoms with Crippen LogP contribution in [0.15, 0.2) is 21.4 Å². The summed E-state index contributed by atoms with van der Waals surface area (Å²) in [5.74, 6) is -0.145. The van der Waals surface area contributed by atoms with Crippen LogP contribution in [0, 0.1) is 0 Å². The highest BCUT2D eigenvalue weighted by atomic mass is 79.9. The number of hydrogen-bond acceptors (Lipinski definition) is 4. The predicted octanol–water partition coefficient (Wildman–Crippen LogP) is 0.760. The summed E-state index contributed by atoms with van der Waals surface area (Å²) in [6.07, 6.45) is 1.47. The smallest absolute Gasteiger partial charge is 0.255 e. The first-order valence-electron chi connectivity index (χ1n) is 5.09. The Balaban J connectivity index is 1.81. The molecule has 6 heteroatoms. The van der Waals surface area contributed by atoms with E-state index >= 15 is 0 Å². The van der Waals surface area contributed by atoms with Gasteiger partial charge in [-0.1, -0.05) is 0 Å². The minimum Gasteiger partial charge on any atom is -0.457 e. The van der Waals surface area contributed by atoms with E-state index in [2.05, 4.69) is 26.6 Å². The average molecular weight is 289 g/mol. The molecule has 1 amide bonds. The van der Waals surface area contributed by atoms with Crippen molar-refractivity contribution < 1.29 is 13.9 Å². The Labute approximate surface area is 102 Å². The number of carbonyl (C=O) groups is 1. The molecule has 2 heterocycles. The zero-order valence-corrected chi connectivity index (χ0v) is 10.2. The summed E-state index contributed by atoms with van der Waals surface area (Å²) >= 11 is 3.17. The van der Waals surface area contributed by atoms with E-state index < -0.39 is 0 Å². The topological polar surface area (TPSA) is 63.5 Å². The summed E-state index contributed by atoms with van der Waals surface area (Å²) in [4.78, 5) is 11.7. The number of ether oxygens (including phenoxy) is 1. The second-order valence-corrected chi connectivity index (χ2v) is 4.26. The van der Waals surface area contributed by atoms with E-state index in [1.165, 1.54) is 6.26 Å². The molecule has 1 unspecified atom stereocenters. The predicted molar refractivity (Wildman–Crippen MR) is 61.4 cm³/mol. The van der Waals surface area contributed by atoms with Gasteiger partial charge in [0.1, 0.15) is 0 Å². The van der Waals surface area contributed by atoms with Crippen LogP contribution in [-0.2, 0) is 4.74 Å². The second-order valence-electron chi connectivity index (χ2n) is 3.54. The van der Waals surface area contributed by atoms with Crippen molar-refractivity contribution >= 4 is 21.8 Å². The highest BCUT2D eigenvalue weighted by Gasteiger charge is 2.16. The standard InChI is InChI=1S/C10H13BrN2O3/c11-9-8(1-3-16-9)10(14)13-5-7-6-15-4-2-12-7/h1,3,7,12H,2,4-6H2,(H,13,14). The van der Waals surface area contributed by atoms with Crippen LogP contribution < -0.4 is 10.6 Å². The van der Waals surface area contributed by atoms with E-state index in [4.69, 9.17) is 9.15 Å². The van der Waals surface area contributed by atoms with E-state index in [9.17, 15) is 4.79 Å². The van der Waals surface area contributed by atoms with Crippen LogP contribution in [0.4, 0.5) is 0 Å². The molecule has 2 rings (SSSR count). The van der Waals surface area contributed by atoms with E-state index in [1.807, 2.05) is 0 Å². The zero-order valence-electron chi connectivity index (χ0n) is 8.66. The summed E-state index contributed by atoms with van der Waals surface area (Å²) in [5, 5.41) is 6.08. The molecule has 0 saturated carbocycles. The number of nitrogens with one attached hydrogen (secondary N) is 2. The van der Waals surface area contributed by atoms with Crippen LogP contribution in [0.1, 0.15) is 10.4 Å². The Morgan fingerprint density at radius 1 is 1.69 bits per heavy atom. The van der Waals surface area contributed by atoms with Gasteiger partial charge in [0, 0.05) is 19.1 Å². The molecular formula is C10H13BrN2O3. The monoisotopic (exact) mass is 288 g/mol. The number of morpholine rings is 1. The van der Waals surface area contributed by atoms with Gasteiger partial charge in [-0.15, -0.1) is 0 Å². The van der Waals surface area contributed by atoms with Crippen LogP contribution in [0.5, 0.6) is 0 Å². The van der Waals surface area contributed by atoms with Crippen LogP contribution in [-0.4, -0.2) is 38.3 Å². The fourth-order valence-corrected chi connectivity index (χ4v) is 1.94. The lowest BCUT2D eigenvalue weighted by atomic mass is 10.2. The van der Waals surface area contributed by atoms with Gasteiger partial charge in [-0.25, -0.2) is 0 Å². The SMILES string of the molecule is O=C(NCC1COCCN1)c1ccoc1Br. The first kappa shape index (κ1) is 11.6. The van der Waals surface area contributed by atoms with Crippen molar-refractivity contribution in [2.75, 3.05) is 26.3 Å². The molecule has 16 heavy (non-hydrogen) atoms. The average Bonchev–Trinajstić information content (AvgIpc) is 2.74. The largest absolute Gasteiger partial charge is 0.457 e. The molecule has 1 aromatic rings. The molecule has 1 aromatic heterocycles. The molecular weight excluding hydrogens is 276 g/mol. The Kier molecular flexibility index (Phi) is 3.98. The first-order chi connectivity index (χ1) is 7.77. The lowest BCUT2D eigenvalue weighted by Crippen LogP contribution is -2.48. The molecule has 88 valence electrons. The van der Waals surface area contributed by atoms with Gasteiger partial charge in [-0.05, 0) is 22.0 Å². The molecule has 1 aliphatic rings. The Bertz CT molecular complexity index is 361. The quantitative estimate of drug-likeness (QED) is 0.862. The van der Waals surface area contributed by atoms with Crippen molar-refractivity contribution in [1.82, 2.24) is 10.6 Å². The van der Waals surface area contributed by atoms with Gasteiger partial charge in [0.25, 0.3) is 5.91 Å². The number of amides is 1. The molecule has 1 saturated heterocycles. The summed E-state index contributed by atoms with van der Waals surface area (Å²) in [6.45, 7) is 2.75. The lowest BCUT2D eigenvalue weighted by Gasteiger charge is -2.23. The maximum atomic E-state index is 11.7. The van der Waals surface area contributed by atoms with Gasteiger partial charge in [0.05, 0.1) is 25.0 Å². The van der Waals surface area contributed by atoms with Crippen molar-refractivity contribution in [3.63, 3.8) is 0 Å². The van der Waals surface area contributed by atoms with Gasteiger partial charge < -0.3 is 19.8 Å². The third-order valence-corrected chi connectivity index (χ3v) is 2.98. The third kappa shape index (κ3) is 2.84. The minimum atomic E-state index is -0.145. The van der Waals surface area contributed by atoms with E-state index in [1.54, 1.807) is 6.07 Å². The molecule has 2 N–H and O–H groups in total. The minimum absolute atomic E-state index is 0.145. The van der Waals surface area contributed by atoms with Crippen molar-refractivity contribution in [2.45, 2.75) is 6.04 Å². The van der Waals surface area contributed by atoms with Crippen molar-refractivity contribution in [2.24, 2.45) is 0 Å². The Morgan fingerprint density at radius 3 is 3.19 bits per heavy atom. The Hall–Kier alpha value is -0.850. The van der Waals surface area contributed by atoms with Gasteiger partial charge >= 0.3 is 0 Å². The third-order valence-electron chi connectivity index (χ3n) is 2.37. The molecule has 0 spiro atoms. The first-order valence-corrected chi connectivity index (χ1v) is 5.89. The fraction of sp³-hybridized carbons (Fsp3) is 0.500. The molecule has 1 fully saturated rings. The van der Waals surface area contributed by atoms with Crippen molar-refractivity contribution in [3.8, 4) is 0 Å². The summed E-state index contributed by atoms with van der Waals surface area (Å²) in [5.41, 5.74) is 0.511. The van der Waals surface area contributed by atoms with E-state index in [0.717, 1.165) is 13.2 Å². The second kappa shape index (κ2) is 5.47. The molecule has 1 aliphatic heterocycles. The summed E-state index contributed by atoms with van der Waals surface area (Å²) in [6, 6.07) is 1.81. The normalized spacial score (nSPS) is 20.7. The maximum absolute atomic E-state index is 11.7. The van der Waals surface area contributed by atoms with Gasteiger partial charge in [0.15, 0.2) is 4.67 Å². The molecule has 0 aromatic carbocycles. The number of furan rings is 1. The maximum Gasteiger partial charge on any atom is 0.255 e. The van der Waals surface area contributed by atoms with Crippen LogP contribution >= 0.6 is 15.9 Å². The van der Waals surface area contributed by atoms with E-state index in [0.29, 0.717) is 23.4 Å². The van der Waals surface area contributed by atoms with Crippen LogP contribution in [0.2, 0.25) is 0 Å². The molecule has 1 atom stereocenters. The summed E-state index contributed by atoms with van der Waals surface area (Å²) < 4.78 is 10.7. The van der Waals surface area contributed by atoms with Crippen LogP contribution in [0.3, 0.4) is 0 Å². The lowest BCUT2D eigenvalue weighted by molar-refractivity contribution is 0.0734. The van der Waals surface area contributed by atoms with Crippen molar-refractivity contribution in [1.29, 1.82) is 0 Å². The summed E-state index contributed by atoms with van der Waals surface area (Å²) in [7, 11) is 0. The molecule has 0 aliphatic carbocycles. The van der Waals surface area contributed by atoms with Crippen LogP contribution in [0.25, 0.3) is 0 Å². The molecule has 0 bridgehead atoms. The highest BCUT2D eigenvalue weighted by Crippen LogP contribution is 2.16. The number of halogens is 1. The van der Waals surface area contributed by atoms with E-state index in [-0.39, 0.29) is 11.9 Å². The highest BCUT2D eigenvalue weighted by molar-refractivity contribution is 9.10. The van der Waals surface area contributed by atoms with Gasteiger partial charge in [-0.3, -0.25) is 4.79 Å². The molecule has 0 radical (unpaired) electrons. The van der Waals surface area contributed by atoms with Crippen molar-refractivity contribution in [3.05, 3.63) is 22.6 Å².